The number of hydrazone groups is 1. The third kappa shape index (κ3) is 5.45. The lowest BCUT2D eigenvalue weighted by Crippen LogP contribution is -2.37. The van der Waals surface area contributed by atoms with Crippen LogP contribution >= 0.6 is 0 Å². The molecule has 2 fully saturated rings. The maximum atomic E-state index is 13.3. The molecular weight excluding hydrogens is 437 g/mol. The van der Waals surface area contributed by atoms with Gasteiger partial charge in [0.2, 0.25) is 17.8 Å². The van der Waals surface area contributed by atoms with Gasteiger partial charge in [-0.2, -0.15) is 20.1 Å². The molecule has 3 aromatic rings. The highest BCUT2D eigenvalue weighted by Gasteiger charge is 2.26. The molecule has 10 nitrogen and oxygen atoms in total. The molecule has 3 heterocycles. The first kappa shape index (κ1) is 22.1. The second-order valence-electron chi connectivity index (χ2n) is 7.98. The van der Waals surface area contributed by atoms with Crippen LogP contribution in [0.4, 0.5) is 27.9 Å². The van der Waals surface area contributed by atoms with Gasteiger partial charge in [0.25, 0.3) is 0 Å². The Kier molecular flexibility index (Phi) is 6.84. The summed E-state index contributed by atoms with van der Waals surface area (Å²) in [4.78, 5) is 15.6. The molecule has 2 aromatic carbocycles. The van der Waals surface area contributed by atoms with E-state index in [4.69, 9.17) is 4.74 Å². The number of benzene rings is 2. The number of nitrogens with one attached hydrogen (secondary N) is 4. The highest BCUT2D eigenvalue weighted by atomic mass is 19.1. The number of morpholine rings is 1. The van der Waals surface area contributed by atoms with E-state index < -0.39 is 0 Å². The largest absolute Gasteiger partial charge is 0.378 e. The van der Waals surface area contributed by atoms with E-state index in [-0.39, 0.29) is 17.8 Å². The second kappa shape index (κ2) is 10.5. The van der Waals surface area contributed by atoms with Crippen molar-refractivity contribution in [3.8, 4) is 0 Å². The molecule has 0 saturated carbocycles. The lowest BCUT2D eigenvalue weighted by Gasteiger charge is -2.27. The van der Waals surface area contributed by atoms with E-state index in [9.17, 15) is 4.39 Å². The van der Waals surface area contributed by atoms with Gasteiger partial charge in [-0.1, -0.05) is 30.3 Å². The van der Waals surface area contributed by atoms with Crippen molar-refractivity contribution in [2.24, 2.45) is 11.0 Å². The number of hydrazine groups is 1. The van der Waals surface area contributed by atoms with Gasteiger partial charge >= 0.3 is 0 Å². The lowest BCUT2D eigenvalue weighted by atomic mass is 9.96. The first-order chi connectivity index (χ1) is 16.7. The van der Waals surface area contributed by atoms with Crippen molar-refractivity contribution in [1.29, 1.82) is 0 Å². The monoisotopic (exact) mass is 463 g/mol. The first-order valence-corrected chi connectivity index (χ1v) is 11.2. The molecule has 2 aliphatic rings. The quantitative estimate of drug-likeness (QED) is 0.310. The van der Waals surface area contributed by atoms with Crippen molar-refractivity contribution in [2.45, 2.75) is 6.04 Å². The van der Waals surface area contributed by atoms with E-state index >= 15 is 0 Å². The molecule has 0 amide bonds. The Bertz CT molecular complexity index is 1110. The highest BCUT2D eigenvalue weighted by Crippen LogP contribution is 2.23. The minimum absolute atomic E-state index is 0.115. The molecule has 2 aliphatic heterocycles. The van der Waals surface area contributed by atoms with Crippen LogP contribution in [0.1, 0.15) is 11.6 Å². The van der Waals surface area contributed by atoms with Crippen molar-refractivity contribution in [3.05, 3.63) is 66.0 Å². The molecule has 0 aliphatic carbocycles. The fraction of sp³-hybridized carbons (Fsp3) is 0.304. The van der Waals surface area contributed by atoms with E-state index in [1.807, 2.05) is 29.3 Å². The minimum Gasteiger partial charge on any atom is -0.378 e. The van der Waals surface area contributed by atoms with Crippen LogP contribution in [0.2, 0.25) is 0 Å². The van der Waals surface area contributed by atoms with Gasteiger partial charge in [0.05, 0.1) is 19.3 Å². The number of nitrogens with zero attached hydrogens (tertiary/aromatic N) is 5. The molecule has 34 heavy (non-hydrogen) atoms. The van der Waals surface area contributed by atoms with Gasteiger partial charge < -0.3 is 15.0 Å². The molecule has 1 aromatic heterocycles. The summed E-state index contributed by atoms with van der Waals surface area (Å²) < 4.78 is 18.7. The number of halogens is 1. The van der Waals surface area contributed by atoms with Crippen molar-refractivity contribution < 1.29 is 9.13 Å². The Hall–Kier alpha value is -3.67. The van der Waals surface area contributed by atoms with E-state index in [0.717, 1.165) is 6.54 Å². The zero-order valence-electron chi connectivity index (χ0n) is 18.5. The van der Waals surface area contributed by atoms with E-state index in [0.29, 0.717) is 49.8 Å². The summed E-state index contributed by atoms with van der Waals surface area (Å²) in [6, 6.07) is 16.4. The summed E-state index contributed by atoms with van der Waals surface area (Å²) in [5.41, 5.74) is 11.3. The Balaban J connectivity index is 1.33. The van der Waals surface area contributed by atoms with Gasteiger partial charge in [-0.15, -0.1) is 0 Å². The molecule has 5 rings (SSSR count). The van der Waals surface area contributed by atoms with E-state index in [1.54, 1.807) is 12.1 Å². The van der Waals surface area contributed by atoms with Gasteiger partial charge in [0.1, 0.15) is 5.82 Å². The average molecular weight is 464 g/mol. The topological polar surface area (TPSA) is 112 Å². The van der Waals surface area contributed by atoms with Crippen LogP contribution in [0.3, 0.4) is 0 Å². The van der Waals surface area contributed by atoms with Crippen LogP contribution in [-0.4, -0.2) is 54.0 Å². The van der Waals surface area contributed by atoms with Gasteiger partial charge in [-0.05, 0) is 29.8 Å². The summed E-state index contributed by atoms with van der Waals surface area (Å²) in [5, 5.41) is 7.53. The number of hydrogen-bond donors (Lipinski definition) is 4. The van der Waals surface area contributed by atoms with Gasteiger partial charge in [-0.25, -0.2) is 15.2 Å². The average Bonchev–Trinajstić information content (AvgIpc) is 3.35. The fourth-order valence-electron chi connectivity index (χ4n) is 3.87. The maximum absolute atomic E-state index is 13.3. The van der Waals surface area contributed by atoms with Crippen molar-refractivity contribution in [3.63, 3.8) is 0 Å². The predicted molar refractivity (Wildman–Crippen MR) is 128 cm³/mol. The first-order valence-electron chi connectivity index (χ1n) is 11.2. The van der Waals surface area contributed by atoms with E-state index in [1.165, 1.54) is 17.7 Å². The third-order valence-corrected chi connectivity index (χ3v) is 5.63. The van der Waals surface area contributed by atoms with Gasteiger partial charge in [0.15, 0.2) is 0 Å². The fourth-order valence-corrected chi connectivity index (χ4v) is 3.87. The molecule has 0 bridgehead atoms. The van der Waals surface area contributed by atoms with Crippen LogP contribution in [0, 0.1) is 11.7 Å². The molecule has 0 radical (unpaired) electrons. The van der Waals surface area contributed by atoms with Crippen LogP contribution in [0.5, 0.6) is 0 Å². The second-order valence-corrected chi connectivity index (χ2v) is 7.98. The summed E-state index contributed by atoms with van der Waals surface area (Å²) >= 11 is 0. The maximum Gasteiger partial charge on any atom is 0.250 e. The van der Waals surface area contributed by atoms with Gasteiger partial charge in [-0.3, -0.25) is 5.43 Å². The summed E-state index contributed by atoms with van der Waals surface area (Å²) in [5.74, 6) is 1.01. The Labute approximate surface area is 196 Å². The number of hydrogen-bond acceptors (Lipinski definition) is 10. The third-order valence-electron chi connectivity index (χ3n) is 5.63. The number of rotatable bonds is 7. The summed E-state index contributed by atoms with van der Waals surface area (Å²) in [6.45, 7) is 3.33. The Morgan fingerprint density at radius 3 is 2.56 bits per heavy atom. The lowest BCUT2D eigenvalue weighted by molar-refractivity contribution is 0.122. The molecule has 2 saturated heterocycles. The number of ether oxygens (including phenoxy) is 1. The zero-order chi connectivity index (χ0) is 23.2. The molecule has 2 atom stereocenters. The standard InChI is InChI=1S/C23H26FN9O/c24-18-6-8-19(9-7-18)27-21-28-22(30-23(29-21)33-10-12-34-13-11-33)32-26-15-17-14-25-31-20(17)16-4-2-1-3-5-16/h1-9,15,17,20,25,31H,10-14H2,(H2,27,28,29,30,32)/b26-15+. The number of aromatic nitrogens is 3. The van der Waals surface area contributed by atoms with Crippen LogP contribution in [0.25, 0.3) is 0 Å². The normalized spacial score (nSPS) is 20.6. The van der Waals surface area contributed by atoms with Crippen molar-refractivity contribution >= 4 is 29.7 Å². The van der Waals surface area contributed by atoms with Crippen LogP contribution in [-0.2, 0) is 4.74 Å². The van der Waals surface area contributed by atoms with Crippen LogP contribution in [0.15, 0.2) is 59.7 Å². The molecule has 2 unspecified atom stereocenters. The molecule has 0 spiro atoms. The zero-order valence-corrected chi connectivity index (χ0v) is 18.5. The van der Waals surface area contributed by atoms with E-state index in [2.05, 4.69) is 53.8 Å². The minimum atomic E-state index is -0.309. The smallest absolute Gasteiger partial charge is 0.250 e. The van der Waals surface area contributed by atoms with Gasteiger partial charge in [0, 0.05) is 37.5 Å². The van der Waals surface area contributed by atoms with Crippen molar-refractivity contribution in [2.75, 3.05) is 48.5 Å². The molecule has 4 N–H and O–H groups in total. The summed E-state index contributed by atoms with van der Waals surface area (Å²) in [6.07, 6.45) is 1.86. The Morgan fingerprint density at radius 2 is 1.76 bits per heavy atom. The van der Waals surface area contributed by atoms with Crippen molar-refractivity contribution in [1.82, 2.24) is 25.8 Å². The van der Waals surface area contributed by atoms with Crippen LogP contribution < -0.4 is 26.5 Å². The Morgan fingerprint density at radius 1 is 1.00 bits per heavy atom. The highest BCUT2D eigenvalue weighted by molar-refractivity contribution is 5.64. The SMILES string of the molecule is Fc1ccc(Nc2nc(N/N=C/C3CNNC3c3ccccc3)nc(N3CCOCC3)n2)cc1. The molecule has 11 heteroatoms. The molecule has 176 valence electrons. The predicted octanol–water partition coefficient (Wildman–Crippen LogP) is 2.45. The summed E-state index contributed by atoms with van der Waals surface area (Å²) in [7, 11) is 0. The number of anilines is 4. The molecular formula is C23H26FN9O.